The monoisotopic (exact) mass is 459 g/mol. The van der Waals surface area contributed by atoms with Crippen LogP contribution in [0.3, 0.4) is 0 Å². The number of nitrogen functional groups attached to an aromatic ring is 1. The van der Waals surface area contributed by atoms with Crippen LogP contribution in [0.25, 0.3) is 33.5 Å². The van der Waals surface area contributed by atoms with Crippen molar-refractivity contribution in [2.45, 2.75) is 25.8 Å². The fourth-order valence-corrected chi connectivity index (χ4v) is 4.64. The molecule has 0 unspecified atom stereocenters. The van der Waals surface area contributed by atoms with Crippen LogP contribution < -0.4 is 16.4 Å². The molecule has 2 aromatic carbocycles. The maximum atomic E-state index is 14.4. The van der Waals surface area contributed by atoms with Crippen LogP contribution in [0.1, 0.15) is 24.0 Å². The molecule has 0 spiro atoms. The molecule has 1 saturated heterocycles. The molecule has 34 heavy (non-hydrogen) atoms. The highest BCUT2D eigenvalue weighted by molar-refractivity contribution is 6.00. The first-order valence-corrected chi connectivity index (χ1v) is 11.2. The SMILES string of the molecule is Cc1cc(F)cc(-c2cnc(N)c(-c3nc4c(/C=N\O)cccc4[nH]3)c2N2CCC(N)CC2)c1. The topological polar surface area (TPSA) is 129 Å². The fourth-order valence-electron chi connectivity index (χ4n) is 4.64. The van der Waals surface area contributed by atoms with Gasteiger partial charge in [0.1, 0.15) is 17.5 Å². The first-order chi connectivity index (χ1) is 16.4. The van der Waals surface area contributed by atoms with Crippen LogP contribution in [-0.2, 0) is 0 Å². The first kappa shape index (κ1) is 21.8. The van der Waals surface area contributed by atoms with E-state index < -0.39 is 0 Å². The van der Waals surface area contributed by atoms with Gasteiger partial charge in [-0.15, -0.1) is 0 Å². The zero-order valence-electron chi connectivity index (χ0n) is 18.8. The van der Waals surface area contributed by atoms with Gasteiger partial charge < -0.3 is 26.6 Å². The summed E-state index contributed by atoms with van der Waals surface area (Å²) in [5.74, 6) is 0.550. The summed E-state index contributed by atoms with van der Waals surface area (Å²) in [5.41, 5.74) is 18.5. The van der Waals surface area contributed by atoms with Crippen molar-refractivity contribution in [3.05, 3.63) is 59.5 Å². The molecule has 0 bridgehead atoms. The number of H-pyrrole nitrogens is 1. The summed E-state index contributed by atoms with van der Waals surface area (Å²) in [5, 5.41) is 12.2. The van der Waals surface area contributed by atoms with Crippen LogP contribution in [0.2, 0.25) is 0 Å². The summed E-state index contributed by atoms with van der Waals surface area (Å²) >= 11 is 0. The Morgan fingerprint density at radius 2 is 2.03 bits per heavy atom. The number of nitrogens with one attached hydrogen (secondary N) is 1. The van der Waals surface area contributed by atoms with E-state index in [1.165, 1.54) is 18.3 Å². The molecule has 174 valence electrons. The lowest BCUT2D eigenvalue weighted by atomic mass is 9.97. The lowest BCUT2D eigenvalue weighted by Gasteiger charge is -2.34. The molecular formula is C25H26FN7O. The van der Waals surface area contributed by atoms with Gasteiger partial charge in [-0.05, 0) is 49.1 Å². The number of aromatic amines is 1. The third-order valence-electron chi connectivity index (χ3n) is 6.27. The molecule has 0 amide bonds. The Bertz CT molecular complexity index is 1370. The van der Waals surface area contributed by atoms with Gasteiger partial charge in [0.15, 0.2) is 0 Å². The molecule has 4 aromatic rings. The maximum Gasteiger partial charge on any atom is 0.144 e. The van der Waals surface area contributed by atoms with Crippen molar-refractivity contribution in [1.82, 2.24) is 15.0 Å². The zero-order valence-corrected chi connectivity index (χ0v) is 18.8. The Labute approximate surface area is 196 Å². The Morgan fingerprint density at radius 1 is 1.24 bits per heavy atom. The molecule has 0 aliphatic carbocycles. The molecule has 5 rings (SSSR count). The highest BCUT2D eigenvalue weighted by atomic mass is 19.1. The second-order valence-electron chi connectivity index (χ2n) is 8.70. The third kappa shape index (κ3) is 3.94. The standard InChI is InChI=1S/C25H26FN7O/c1-14-9-16(11-17(26)10-14)19-13-29-24(28)21(23(19)33-7-5-18(27)6-8-33)25-31-20-4-2-3-15(12-30-34)22(20)32-25/h2-4,9-13,18,34H,5-8,27H2,1H3,(H2,28,29)(H,31,32)/b30-12-. The van der Waals surface area contributed by atoms with E-state index >= 15 is 0 Å². The number of hydrogen-bond acceptors (Lipinski definition) is 7. The Balaban J connectivity index is 1.77. The van der Waals surface area contributed by atoms with Crippen LogP contribution in [0.4, 0.5) is 15.9 Å². The highest BCUT2D eigenvalue weighted by Crippen LogP contribution is 2.43. The zero-order chi connectivity index (χ0) is 23.8. The number of anilines is 2. The molecule has 3 heterocycles. The lowest BCUT2D eigenvalue weighted by molar-refractivity contribution is 0.322. The molecule has 0 atom stereocenters. The van der Waals surface area contributed by atoms with Gasteiger partial charge in [-0.1, -0.05) is 23.4 Å². The number of fused-ring (bicyclic) bond motifs is 1. The molecule has 6 N–H and O–H groups in total. The van der Waals surface area contributed by atoms with Gasteiger partial charge in [-0.3, -0.25) is 0 Å². The molecule has 2 aromatic heterocycles. The van der Waals surface area contributed by atoms with Gasteiger partial charge in [0.2, 0.25) is 0 Å². The number of nitrogens with two attached hydrogens (primary N) is 2. The number of aromatic nitrogens is 3. The number of imidazole rings is 1. The van der Waals surface area contributed by atoms with Crippen molar-refractivity contribution >= 4 is 28.8 Å². The summed E-state index contributed by atoms with van der Waals surface area (Å²) in [7, 11) is 0. The second kappa shape index (κ2) is 8.75. The molecule has 1 aliphatic rings. The predicted molar refractivity (Wildman–Crippen MR) is 133 cm³/mol. The number of para-hydroxylation sites is 1. The number of piperidine rings is 1. The van der Waals surface area contributed by atoms with Gasteiger partial charge in [0.05, 0.1) is 28.5 Å². The number of aryl methyl sites for hydroxylation is 1. The number of halogens is 1. The molecule has 0 saturated carbocycles. The van der Waals surface area contributed by atoms with E-state index in [0.29, 0.717) is 28.3 Å². The predicted octanol–water partition coefficient (Wildman–Crippen LogP) is 4.06. The average molecular weight is 460 g/mol. The highest BCUT2D eigenvalue weighted by Gasteiger charge is 2.27. The minimum absolute atomic E-state index is 0.144. The number of pyridine rings is 1. The summed E-state index contributed by atoms with van der Waals surface area (Å²) in [6.45, 7) is 3.34. The smallest absolute Gasteiger partial charge is 0.144 e. The average Bonchev–Trinajstić information content (AvgIpc) is 3.24. The van der Waals surface area contributed by atoms with Crippen molar-refractivity contribution in [3.63, 3.8) is 0 Å². The second-order valence-corrected chi connectivity index (χ2v) is 8.70. The van der Waals surface area contributed by atoms with E-state index in [1.807, 2.05) is 31.2 Å². The fraction of sp³-hybridized carbons (Fsp3) is 0.240. The number of hydrogen-bond donors (Lipinski definition) is 4. The Morgan fingerprint density at radius 3 is 2.76 bits per heavy atom. The van der Waals surface area contributed by atoms with Crippen LogP contribution in [0.5, 0.6) is 0 Å². The molecule has 0 radical (unpaired) electrons. The molecular weight excluding hydrogens is 433 g/mol. The van der Waals surface area contributed by atoms with E-state index in [0.717, 1.165) is 53.8 Å². The van der Waals surface area contributed by atoms with Crippen molar-refractivity contribution in [2.24, 2.45) is 10.9 Å². The van der Waals surface area contributed by atoms with E-state index in [2.05, 4.69) is 20.0 Å². The number of rotatable bonds is 4. The summed E-state index contributed by atoms with van der Waals surface area (Å²) < 4.78 is 14.4. The van der Waals surface area contributed by atoms with Gasteiger partial charge in [0.25, 0.3) is 0 Å². The van der Waals surface area contributed by atoms with E-state index in [1.54, 1.807) is 6.20 Å². The van der Waals surface area contributed by atoms with Crippen molar-refractivity contribution in [2.75, 3.05) is 23.7 Å². The maximum absolute atomic E-state index is 14.4. The molecule has 8 nitrogen and oxygen atoms in total. The Hall–Kier alpha value is -3.98. The van der Waals surface area contributed by atoms with Crippen molar-refractivity contribution in [3.8, 4) is 22.5 Å². The van der Waals surface area contributed by atoms with E-state index in [-0.39, 0.29) is 11.9 Å². The molecule has 1 fully saturated rings. The van der Waals surface area contributed by atoms with E-state index in [9.17, 15) is 4.39 Å². The summed E-state index contributed by atoms with van der Waals surface area (Å²) in [4.78, 5) is 14.8. The first-order valence-electron chi connectivity index (χ1n) is 11.2. The van der Waals surface area contributed by atoms with Crippen molar-refractivity contribution < 1.29 is 9.60 Å². The van der Waals surface area contributed by atoms with E-state index in [4.69, 9.17) is 21.7 Å². The quantitative estimate of drug-likeness (QED) is 0.207. The number of nitrogens with zero attached hydrogens (tertiary/aromatic N) is 4. The number of benzene rings is 2. The Kier molecular flexibility index (Phi) is 5.62. The van der Waals surface area contributed by atoms with Crippen LogP contribution in [0, 0.1) is 12.7 Å². The largest absolute Gasteiger partial charge is 0.411 e. The van der Waals surface area contributed by atoms with Gasteiger partial charge in [-0.2, -0.15) is 0 Å². The van der Waals surface area contributed by atoms with Gasteiger partial charge >= 0.3 is 0 Å². The van der Waals surface area contributed by atoms with Crippen LogP contribution >= 0.6 is 0 Å². The van der Waals surface area contributed by atoms with Gasteiger partial charge in [-0.25, -0.2) is 14.4 Å². The third-order valence-corrected chi connectivity index (χ3v) is 6.27. The minimum Gasteiger partial charge on any atom is -0.411 e. The molecule has 1 aliphatic heterocycles. The molecule has 9 heteroatoms. The lowest BCUT2D eigenvalue weighted by Crippen LogP contribution is -2.40. The van der Waals surface area contributed by atoms with Crippen LogP contribution in [0.15, 0.2) is 47.8 Å². The normalized spacial score (nSPS) is 15.0. The van der Waals surface area contributed by atoms with Crippen LogP contribution in [-0.4, -0.2) is 45.5 Å². The summed E-state index contributed by atoms with van der Waals surface area (Å²) in [6.07, 6.45) is 4.71. The minimum atomic E-state index is -0.309. The summed E-state index contributed by atoms with van der Waals surface area (Å²) in [6, 6.07) is 10.6. The number of oxime groups is 1. The van der Waals surface area contributed by atoms with Crippen molar-refractivity contribution in [1.29, 1.82) is 0 Å². The van der Waals surface area contributed by atoms with Gasteiger partial charge in [0, 0.05) is 36.5 Å².